The highest BCUT2D eigenvalue weighted by Crippen LogP contribution is 2.28. The highest BCUT2D eigenvalue weighted by Gasteiger charge is 2.17. The number of hydrogen-bond donors (Lipinski definition) is 0. The van der Waals surface area contributed by atoms with E-state index in [0.29, 0.717) is 11.9 Å². The molecule has 0 fully saturated rings. The van der Waals surface area contributed by atoms with Gasteiger partial charge in [0.15, 0.2) is 17.5 Å². The molecule has 5 nitrogen and oxygen atoms in total. The molecule has 7 heteroatoms. The van der Waals surface area contributed by atoms with Crippen molar-refractivity contribution in [3.05, 3.63) is 78.1 Å². The minimum atomic E-state index is -0.929. The first kappa shape index (κ1) is 16.6. The van der Waals surface area contributed by atoms with E-state index < -0.39 is 11.6 Å². The molecule has 0 amide bonds. The van der Waals surface area contributed by atoms with Crippen LogP contribution in [0.5, 0.6) is 0 Å². The van der Waals surface area contributed by atoms with Crippen molar-refractivity contribution in [2.45, 2.75) is 6.54 Å². The monoisotopic (exact) mass is 375 g/mol. The van der Waals surface area contributed by atoms with Gasteiger partial charge in [-0.1, -0.05) is 12.1 Å². The molecule has 0 aliphatic rings. The molecule has 2 aromatic carbocycles. The van der Waals surface area contributed by atoms with Gasteiger partial charge >= 0.3 is 0 Å². The number of nitrogens with zero attached hydrogens (tertiary/aromatic N) is 5. The van der Waals surface area contributed by atoms with Gasteiger partial charge in [-0.25, -0.2) is 13.8 Å². The maximum absolute atomic E-state index is 14.2. The lowest BCUT2D eigenvalue weighted by Gasteiger charge is -2.12. The Bertz CT molecular complexity index is 1340. The van der Waals surface area contributed by atoms with Crippen LogP contribution in [0.4, 0.5) is 8.78 Å². The van der Waals surface area contributed by atoms with Crippen LogP contribution >= 0.6 is 0 Å². The SMILES string of the molecule is Cn1nccc1-c1nc2ccccc2n1Cc1ccnc2c(F)c(F)ccc12. The number of rotatable bonds is 3. The summed E-state index contributed by atoms with van der Waals surface area (Å²) in [6, 6.07) is 14.3. The first-order valence-corrected chi connectivity index (χ1v) is 8.79. The molecule has 0 radical (unpaired) electrons. The molecule has 0 atom stereocenters. The third-order valence-electron chi connectivity index (χ3n) is 4.93. The van der Waals surface area contributed by atoms with Crippen LogP contribution in [0.2, 0.25) is 0 Å². The van der Waals surface area contributed by atoms with Crippen molar-refractivity contribution < 1.29 is 8.78 Å². The van der Waals surface area contributed by atoms with Crippen molar-refractivity contribution in [1.29, 1.82) is 0 Å². The van der Waals surface area contributed by atoms with Crippen molar-refractivity contribution >= 4 is 21.9 Å². The third-order valence-corrected chi connectivity index (χ3v) is 4.93. The molecule has 0 bridgehead atoms. The van der Waals surface area contributed by atoms with Gasteiger partial charge in [0.05, 0.1) is 17.6 Å². The highest BCUT2D eigenvalue weighted by molar-refractivity contribution is 5.84. The molecule has 0 aliphatic heterocycles. The van der Waals surface area contributed by atoms with Gasteiger partial charge in [-0.3, -0.25) is 9.67 Å². The summed E-state index contributed by atoms with van der Waals surface area (Å²) >= 11 is 0. The Morgan fingerprint density at radius 3 is 2.64 bits per heavy atom. The molecular formula is C21H15F2N5. The van der Waals surface area contributed by atoms with E-state index in [2.05, 4.69) is 14.6 Å². The van der Waals surface area contributed by atoms with E-state index in [9.17, 15) is 8.78 Å². The van der Waals surface area contributed by atoms with Crippen molar-refractivity contribution in [2.75, 3.05) is 0 Å². The van der Waals surface area contributed by atoms with E-state index in [1.165, 1.54) is 6.20 Å². The molecule has 0 spiro atoms. The Labute approximate surface area is 158 Å². The lowest BCUT2D eigenvalue weighted by molar-refractivity contribution is 0.515. The quantitative estimate of drug-likeness (QED) is 0.472. The average Bonchev–Trinajstić information content (AvgIpc) is 3.28. The van der Waals surface area contributed by atoms with Crippen LogP contribution < -0.4 is 0 Å². The fourth-order valence-electron chi connectivity index (χ4n) is 3.55. The zero-order chi connectivity index (χ0) is 19.3. The molecule has 5 aromatic rings. The number of hydrogen-bond acceptors (Lipinski definition) is 3. The summed E-state index contributed by atoms with van der Waals surface area (Å²) in [6.07, 6.45) is 3.22. The lowest BCUT2D eigenvalue weighted by atomic mass is 10.1. The molecule has 3 heterocycles. The molecule has 138 valence electrons. The average molecular weight is 375 g/mol. The molecule has 0 N–H and O–H groups in total. The maximum Gasteiger partial charge on any atom is 0.184 e. The summed E-state index contributed by atoms with van der Waals surface area (Å²) in [5.74, 6) is -1.07. The fourth-order valence-corrected chi connectivity index (χ4v) is 3.55. The minimum Gasteiger partial charge on any atom is -0.318 e. The molecule has 0 saturated carbocycles. The van der Waals surface area contributed by atoms with Crippen LogP contribution in [-0.4, -0.2) is 24.3 Å². The topological polar surface area (TPSA) is 48.5 Å². The second-order valence-electron chi connectivity index (χ2n) is 6.58. The zero-order valence-corrected chi connectivity index (χ0v) is 15.0. The maximum atomic E-state index is 14.2. The summed E-state index contributed by atoms with van der Waals surface area (Å²) in [4.78, 5) is 8.80. The Hall–Kier alpha value is -3.61. The standard InChI is InChI=1S/C21H15F2N5/c1-27-18(9-11-25-27)21-26-16-4-2-3-5-17(16)28(21)12-13-8-10-24-20-14(13)6-7-15(22)19(20)23/h2-11H,12H2,1H3. The Balaban J connectivity index is 1.74. The van der Waals surface area contributed by atoms with Crippen molar-refractivity contribution in [1.82, 2.24) is 24.3 Å². The van der Waals surface area contributed by atoms with Crippen molar-refractivity contribution in [3.63, 3.8) is 0 Å². The summed E-state index contributed by atoms with van der Waals surface area (Å²) in [5, 5.41) is 4.82. The van der Waals surface area contributed by atoms with Gasteiger partial charge in [0.1, 0.15) is 11.2 Å². The smallest absolute Gasteiger partial charge is 0.184 e. The zero-order valence-electron chi connectivity index (χ0n) is 15.0. The summed E-state index contributed by atoms with van der Waals surface area (Å²) in [6.45, 7) is 0.436. The second-order valence-corrected chi connectivity index (χ2v) is 6.58. The minimum absolute atomic E-state index is 0.0315. The number of halogens is 2. The van der Waals surface area contributed by atoms with Crippen LogP contribution in [-0.2, 0) is 13.6 Å². The number of aryl methyl sites for hydroxylation is 1. The van der Waals surface area contributed by atoms with Crippen LogP contribution in [0.25, 0.3) is 33.5 Å². The second kappa shape index (κ2) is 6.23. The molecule has 5 rings (SSSR count). The molecule has 0 unspecified atom stereocenters. The van der Waals surface area contributed by atoms with Crippen LogP contribution in [0.15, 0.2) is 60.9 Å². The van der Waals surface area contributed by atoms with E-state index in [1.807, 2.05) is 43.4 Å². The molecule has 3 aromatic heterocycles. The molecule has 28 heavy (non-hydrogen) atoms. The van der Waals surface area contributed by atoms with Gasteiger partial charge < -0.3 is 4.57 Å². The van der Waals surface area contributed by atoms with E-state index in [0.717, 1.165) is 34.2 Å². The van der Waals surface area contributed by atoms with E-state index in [1.54, 1.807) is 16.9 Å². The predicted molar refractivity (Wildman–Crippen MR) is 103 cm³/mol. The first-order chi connectivity index (χ1) is 13.6. The highest BCUT2D eigenvalue weighted by atomic mass is 19.2. The number of benzene rings is 2. The van der Waals surface area contributed by atoms with Crippen molar-refractivity contribution in [2.24, 2.45) is 7.05 Å². The summed E-state index contributed by atoms with van der Waals surface area (Å²) in [5.41, 5.74) is 3.53. The number of fused-ring (bicyclic) bond motifs is 2. The third kappa shape index (κ3) is 2.47. The Morgan fingerprint density at radius 1 is 0.964 bits per heavy atom. The molecule has 0 aliphatic carbocycles. The summed E-state index contributed by atoms with van der Waals surface area (Å²) in [7, 11) is 1.86. The predicted octanol–water partition coefficient (Wildman–Crippen LogP) is 4.31. The van der Waals surface area contributed by atoms with E-state index in [4.69, 9.17) is 4.98 Å². The Kier molecular flexibility index (Phi) is 3.68. The van der Waals surface area contributed by atoms with Crippen LogP contribution in [0.3, 0.4) is 0 Å². The van der Waals surface area contributed by atoms with Crippen LogP contribution in [0.1, 0.15) is 5.56 Å². The van der Waals surface area contributed by atoms with Crippen molar-refractivity contribution in [3.8, 4) is 11.5 Å². The number of imidazole rings is 1. The van der Waals surface area contributed by atoms with Crippen LogP contribution in [0, 0.1) is 11.6 Å². The largest absolute Gasteiger partial charge is 0.318 e. The van der Waals surface area contributed by atoms with Gasteiger partial charge in [-0.05, 0) is 42.0 Å². The fraction of sp³-hybridized carbons (Fsp3) is 0.0952. The van der Waals surface area contributed by atoms with Gasteiger partial charge in [0, 0.05) is 24.8 Å². The van der Waals surface area contributed by atoms with Gasteiger partial charge in [0.25, 0.3) is 0 Å². The summed E-state index contributed by atoms with van der Waals surface area (Å²) < 4.78 is 31.6. The Morgan fingerprint density at radius 2 is 1.82 bits per heavy atom. The van der Waals surface area contributed by atoms with E-state index in [-0.39, 0.29) is 5.52 Å². The number of aromatic nitrogens is 5. The van der Waals surface area contributed by atoms with Gasteiger partial charge in [0.2, 0.25) is 0 Å². The van der Waals surface area contributed by atoms with E-state index >= 15 is 0 Å². The number of pyridine rings is 1. The molecular weight excluding hydrogens is 360 g/mol. The first-order valence-electron chi connectivity index (χ1n) is 8.79. The number of para-hydroxylation sites is 2. The lowest BCUT2D eigenvalue weighted by Crippen LogP contribution is -2.06. The normalized spacial score (nSPS) is 11.5. The van der Waals surface area contributed by atoms with Gasteiger partial charge in [-0.15, -0.1) is 0 Å². The van der Waals surface area contributed by atoms with Gasteiger partial charge in [-0.2, -0.15) is 5.10 Å². The molecule has 0 saturated heterocycles.